The second kappa shape index (κ2) is 8.46. The van der Waals surface area contributed by atoms with Crippen molar-refractivity contribution < 1.29 is 17.5 Å². The van der Waals surface area contributed by atoms with Crippen LogP contribution in [0.4, 0.5) is 10.1 Å². The van der Waals surface area contributed by atoms with Crippen molar-refractivity contribution in [2.75, 3.05) is 4.72 Å². The molecule has 174 valence electrons. The number of H-pyrrole nitrogens is 1. The number of hydrogen-bond donors (Lipinski definition) is 2. The third kappa shape index (κ3) is 3.93. The van der Waals surface area contributed by atoms with Gasteiger partial charge in [0.05, 0.1) is 26.8 Å². The highest BCUT2D eigenvalue weighted by Gasteiger charge is 2.24. The molecule has 0 atom stereocenters. The summed E-state index contributed by atoms with van der Waals surface area (Å²) in [5.74, 6) is -1.21. The van der Waals surface area contributed by atoms with Crippen molar-refractivity contribution in [2.24, 2.45) is 7.05 Å². The minimum Gasteiger partial charge on any atom is -0.486 e. The van der Waals surface area contributed by atoms with Gasteiger partial charge >= 0.3 is 0 Å². The summed E-state index contributed by atoms with van der Waals surface area (Å²) in [6.45, 7) is 0.0130. The molecule has 12 heteroatoms. The molecule has 2 N–H and O–H groups in total. The minimum atomic E-state index is -4.30. The highest BCUT2D eigenvalue weighted by atomic mass is 35.5. The van der Waals surface area contributed by atoms with Crippen molar-refractivity contribution in [3.63, 3.8) is 0 Å². The first-order valence-corrected chi connectivity index (χ1v) is 12.2. The highest BCUT2D eigenvalue weighted by Crippen LogP contribution is 2.36. The van der Waals surface area contributed by atoms with Gasteiger partial charge < -0.3 is 9.72 Å². The molecule has 0 bridgehead atoms. The smallest absolute Gasteiger partial charge is 0.265 e. The molecule has 0 radical (unpaired) electrons. The van der Waals surface area contributed by atoms with Crippen molar-refractivity contribution in [1.82, 2.24) is 20.0 Å². The van der Waals surface area contributed by atoms with Crippen LogP contribution in [0.3, 0.4) is 0 Å². The van der Waals surface area contributed by atoms with Crippen molar-refractivity contribution in [1.29, 1.82) is 0 Å². The number of aromatic nitrogens is 4. The molecule has 0 aliphatic carbocycles. The second-order valence-electron chi connectivity index (χ2n) is 7.48. The molecule has 5 aromatic rings. The lowest BCUT2D eigenvalue weighted by Gasteiger charge is -2.13. The zero-order valence-corrected chi connectivity index (χ0v) is 19.8. The Labute approximate surface area is 203 Å². The van der Waals surface area contributed by atoms with Crippen LogP contribution in [0.2, 0.25) is 10.0 Å². The van der Waals surface area contributed by atoms with Crippen molar-refractivity contribution in [2.45, 2.75) is 11.5 Å². The van der Waals surface area contributed by atoms with E-state index in [0.29, 0.717) is 26.5 Å². The van der Waals surface area contributed by atoms with Gasteiger partial charge in [-0.15, -0.1) is 5.10 Å². The van der Waals surface area contributed by atoms with Crippen LogP contribution >= 0.6 is 23.2 Å². The average molecular weight is 520 g/mol. The Kier molecular flexibility index (Phi) is 5.59. The van der Waals surface area contributed by atoms with E-state index in [1.165, 1.54) is 30.5 Å². The molecule has 3 aromatic carbocycles. The maximum atomic E-state index is 15.2. The first-order valence-electron chi connectivity index (χ1n) is 9.92. The Morgan fingerprint density at radius 1 is 1.15 bits per heavy atom. The maximum Gasteiger partial charge on any atom is 0.265 e. The average Bonchev–Trinajstić information content (AvgIpc) is 3.38. The Hall–Kier alpha value is -3.34. The molecule has 0 saturated carbocycles. The molecule has 2 heterocycles. The first-order chi connectivity index (χ1) is 16.2. The predicted molar refractivity (Wildman–Crippen MR) is 128 cm³/mol. The summed E-state index contributed by atoms with van der Waals surface area (Å²) in [5.41, 5.74) is 2.80. The van der Waals surface area contributed by atoms with Crippen LogP contribution in [0.1, 0.15) is 5.56 Å². The summed E-state index contributed by atoms with van der Waals surface area (Å²) < 4.78 is 50.9. The number of sulfonamides is 1. The fraction of sp³-hybridized carbons (Fsp3) is 0.0909. The zero-order chi connectivity index (χ0) is 24.0. The van der Waals surface area contributed by atoms with Gasteiger partial charge in [0.25, 0.3) is 10.0 Å². The van der Waals surface area contributed by atoms with Crippen LogP contribution < -0.4 is 9.46 Å². The van der Waals surface area contributed by atoms with E-state index in [0.717, 1.165) is 17.1 Å². The number of anilines is 1. The van der Waals surface area contributed by atoms with Gasteiger partial charge in [-0.05, 0) is 42.0 Å². The highest BCUT2D eigenvalue weighted by molar-refractivity contribution is 7.92. The summed E-state index contributed by atoms with van der Waals surface area (Å²) in [4.78, 5) is 2.32. The fourth-order valence-electron chi connectivity index (χ4n) is 3.60. The number of halogens is 3. The number of fused-ring (bicyclic) bond motifs is 2. The summed E-state index contributed by atoms with van der Waals surface area (Å²) in [6, 6.07) is 12.3. The normalized spacial score (nSPS) is 11.9. The molecule has 0 unspecified atom stereocenters. The van der Waals surface area contributed by atoms with E-state index in [1.54, 1.807) is 23.9 Å². The number of nitrogens with zero attached hydrogens (tertiary/aromatic N) is 3. The lowest BCUT2D eigenvalue weighted by atomic mass is 10.2. The molecule has 0 aliphatic heterocycles. The van der Waals surface area contributed by atoms with Gasteiger partial charge in [0.2, 0.25) is 0 Å². The molecule has 0 amide bonds. The van der Waals surface area contributed by atoms with Crippen LogP contribution in [-0.2, 0) is 23.7 Å². The Morgan fingerprint density at radius 2 is 1.97 bits per heavy atom. The Balaban J connectivity index is 1.41. The van der Waals surface area contributed by atoms with E-state index < -0.39 is 20.7 Å². The number of ether oxygens (including phenoxy) is 1. The van der Waals surface area contributed by atoms with Crippen LogP contribution in [0.25, 0.3) is 21.9 Å². The Bertz CT molecular complexity index is 1670. The molecule has 0 spiro atoms. The van der Waals surface area contributed by atoms with Gasteiger partial charge in [-0.1, -0.05) is 40.5 Å². The summed E-state index contributed by atoms with van der Waals surface area (Å²) in [6.07, 6.45) is 1.49. The van der Waals surface area contributed by atoms with Crippen LogP contribution in [-0.4, -0.2) is 28.4 Å². The zero-order valence-electron chi connectivity index (χ0n) is 17.5. The van der Waals surface area contributed by atoms with E-state index >= 15 is 4.39 Å². The first kappa shape index (κ1) is 22.5. The molecule has 0 saturated heterocycles. The topological polar surface area (TPSA) is 102 Å². The maximum absolute atomic E-state index is 15.2. The molecule has 5 rings (SSSR count). The van der Waals surface area contributed by atoms with Gasteiger partial charge in [0.15, 0.2) is 11.6 Å². The molecule has 0 aliphatic rings. The number of rotatable bonds is 6. The number of aryl methyl sites for hydroxylation is 1. The van der Waals surface area contributed by atoms with Crippen LogP contribution in [0.5, 0.6) is 5.75 Å². The van der Waals surface area contributed by atoms with Crippen molar-refractivity contribution >= 4 is 60.8 Å². The number of hydrogen-bond acceptors (Lipinski definition) is 5. The lowest BCUT2D eigenvalue weighted by molar-refractivity contribution is 0.287. The van der Waals surface area contributed by atoms with Crippen molar-refractivity contribution in [3.05, 3.63) is 76.2 Å². The number of aromatic amines is 1. The fourth-order valence-corrected chi connectivity index (χ4v) is 5.32. The third-order valence-corrected chi connectivity index (χ3v) is 7.26. The van der Waals surface area contributed by atoms with E-state index in [1.807, 2.05) is 6.07 Å². The van der Waals surface area contributed by atoms with Crippen LogP contribution in [0.15, 0.2) is 59.6 Å². The van der Waals surface area contributed by atoms with Gasteiger partial charge in [-0.2, -0.15) is 0 Å². The van der Waals surface area contributed by atoms with E-state index in [4.69, 9.17) is 27.9 Å². The predicted octanol–water partition coefficient (Wildman–Crippen LogP) is 5.28. The molecule has 0 fully saturated rings. The van der Waals surface area contributed by atoms with Gasteiger partial charge in [-0.3, -0.25) is 4.72 Å². The molecule has 34 heavy (non-hydrogen) atoms. The third-order valence-electron chi connectivity index (χ3n) is 5.27. The standard InChI is InChI=1S/C22H16Cl2FN5O3S/c1-30-17-8-5-12(9-16(17)27-29-30)11-33-18-3-2-4-19(21(18)25)34(31,32)28-15-7-6-13(23)20-14(24)10-26-22(15)20/h2-10,26,28H,11H2,1H3. The molecule has 2 aromatic heterocycles. The van der Waals surface area contributed by atoms with E-state index in [2.05, 4.69) is 20.0 Å². The lowest BCUT2D eigenvalue weighted by Crippen LogP contribution is -2.15. The van der Waals surface area contributed by atoms with Crippen LogP contribution in [0, 0.1) is 5.82 Å². The number of nitrogens with one attached hydrogen (secondary N) is 2. The molecular weight excluding hydrogens is 504 g/mol. The van der Waals surface area contributed by atoms with Gasteiger partial charge in [-0.25, -0.2) is 17.5 Å². The van der Waals surface area contributed by atoms with Gasteiger partial charge in [0.1, 0.15) is 17.0 Å². The summed E-state index contributed by atoms with van der Waals surface area (Å²) in [7, 11) is -2.52. The van der Waals surface area contributed by atoms with E-state index in [-0.39, 0.29) is 18.0 Å². The van der Waals surface area contributed by atoms with E-state index in [9.17, 15) is 8.42 Å². The minimum absolute atomic E-state index is 0.0130. The van der Waals surface area contributed by atoms with Crippen molar-refractivity contribution in [3.8, 4) is 5.75 Å². The summed E-state index contributed by atoms with van der Waals surface area (Å²) >= 11 is 12.3. The monoisotopic (exact) mass is 519 g/mol. The SMILES string of the molecule is Cn1nnc2cc(COc3cccc(S(=O)(=O)Nc4ccc(Cl)c5c(Cl)c[nH]c45)c3F)ccc21. The molecular formula is C22H16Cl2FN5O3S. The second-order valence-corrected chi connectivity index (χ2v) is 9.95. The van der Waals surface area contributed by atoms with Gasteiger partial charge in [0, 0.05) is 18.6 Å². The largest absolute Gasteiger partial charge is 0.486 e. The molecule has 8 nitrogen and oxygen atoms in total. The quantitative estimate of drug-likeness (QED) is 0.318. The summed E-state index contributed by atoms with van der Waals surface area (Å²) in [5, 5.41) is 9.13. The number of benzene rings is 3. The Morgan fingerprint density at radius 3 is 2.79 bits per heavy atom.